The third kappa shape index (κ3) is 2.29. The van der Waals surface area contributed by atoms with Crippen molar-refractivity contribution in [3.8, 4) is 0 Å². The molecule has 0 saturated heterocycles. The summed E-state index contributed by atoms with van der Waals surface area (Å²) < 4.78 is 0. The van der Waals surface area contributed by atoms with Gasteiger partial charge in [-0.2, -0.15) is 0 Å². The molecule has 1 aliphatic rings. The summed E-state index contributed by atoms with van der Waals surface area (Å²) in [6.45, 7) is 5.42. The van der Waals surface area contributed by atoms with Gasteiger partial charge in [0.1, 0.15) is 0 Å². The summed E-state index contributed by atoms with van der Waals surface area (Å²) in [6, 6.07) is 5.87. The van der Waals surface area contributed by atoms with Crippen LogP contribution in [0.3, 0.4) is 0 Å². The molecule has 104 valence electrons. The van der Waals surface area contributed by atoms with Gasteiger partial charge in [-0.15, -0.1) is 11.3 Å². The van der Waals surface area contributed by atoms with Crippen LogP contribution in [0.25, 0.3) is 0 Å². The van der Waals surface area contributed by atoms with Gasteiger partial charge in [-0.1, -0.05) is 6.07 Å². The molecule has 4 nitrogen and oxygen atoms in total. The Labute approximate surface area is 122 Å². The molecule has 20 heavy (non-hydrogen) atoms. The normalized spacial score (nSPS) is 14.2. The Balaban J connectivity index is 1.83. The van der Waals surface area contributed by atoms with Gasteiger partial charge in [0, 0.05) is 23.4 Å². The maximum atomic E-state index is 12.6. The maximum Gasteiger partial charge on any atom is 0.254 e. The number of aromatic nitrogens is 1. The highest BCUT2D eigenvalue weighted by molar-refractivity contribution is 7.15. The lowest BCUT2D eigenvalue weighted by Gasteiger charge is -2.26. The van der Waals surface area contributed by atoms with Crippen LogP contribution in [0.15, 0.2) is 18.2 Å². The first-order chi connectivity index (χ1) is 9.54. The number of fused-ring (bicyclic) bond motifs is 1. The number of carbonyl (C=O) groups excluding carboxylic acids is 1. The second-order valence-electron chi connectivity index (χ2n) is 5.20. The Bertz CT molecular complexity index is 678. The van der Waals surface area contributed by atoms with Crippen LogP contribution in [0, 0.1) is 13.8 Å². The zero-order valence-electron chi connectivity index (χ0n) is 11.6. The van der Waals surface area contributed by atoms with E-state index in [0.29, 0.717) is 18.2 Å². The van der Waals surface area contributed by atoms with E-state index in [1.165, 1.54) is 16.9 Å². The van der Waals surface area contributed by atoms with Crippen LogP contribution >= 0.6 is 11.3 Å². The Kier molecular flexibility index (Phi) is 3.22. The number of aryl methyl sites for hydroxylation is 2. The predicted octanol–water partition coefficient (Wildman–Crippen LogP) is 2.54. The van der Waals surface area contributed by atoms with Crippen molar-refractivity contribution in [2.45, 2.75) is 26.8 Å². The second-order valence-corrected chi connectivity index (χ2v) is 6.31. The molecule has 1 aromatic carbocycles. The fourth-order valence-corrected chi connectivity index (χ4v) is 3.34. The minimum absolute atomic E-state index is 0.0886. The quantitative estimate of drug-likeness (QED) is 0.877. The predicted molar refractivity (Wildman–Crippen MR) is 80.9 cm³/mol. The highest BCUT2D eigenvalue weighted by atomic mass is 32.1. The van der Waals surface area contributed by atoms with Crippen molar-refractivity contribution in [2.24, 2.45) is 0 Å². The lowest BCUT2D eigenvalue weighted by Crippen LogP contribution is -2.35. The zero-order valence-corrected chi connectivity index (χ0v) is 12.5. The van der Waals surface area contributed by atoms with Crippen LogP contribution in [-0.4, -0.2) is 22.3 Å². The molecule has 0 spiro atoms. The topological polar surface area (TPSA) is 59.2 Å². The molecule has 0 aliphatic carbocycles. The number of amides is 1. The van der Waals surface area contributed by atoms with Crippen molar-refractivity contribution in [1.82, 2.24) is 9.88 Å². The molecule has 1 amide bonds. The number of nitrogen functional groups attached to an aromatic ring is 1. The van der Waals surface area contributed by atoms with Crippen LogP contribution in [0.2, 0.25) is 0 Å². The van der Waals surface area contributed by atoms with Crippen molar-refractivity contribution in [3.63, 3.8) is 0 Å². The molecule has 1 aromatic heterocycles. The Morgan fingerprint density at radius 2 is 2.15 bits per heavy atom. The lowest BCUT2D eigenvalue weighted by molar-refractivity contribution is 0.0736. The van der Waals surface area contributed by atoms with Crippen molar-refractivity contribution < 1.29 is 4.79 Å². The van der Waals surface area contributed by atoms with E-state index < -0.39 is 0 Å². The number of benzene rings is 1. The Hall–Kier alpha value is -1.88. The fraction of sp³-hybridized carbons (Fsp3) is 0.333. The van der Waals surface area contributed by atoms with Gasteiger partial charge in [-0.05, 0) is 37.1 Å². The minimum Gasteiger partial charge on any atom is -0.375 e. The van der Waals surface area contributed by atoms with Crippen LogP contribution in [0.5, 0.6) is 0 Å². The average molecular weight is 287 g/mol. The number of hydrogen-bond acceptors (Lipinski definition) is 4. The average Bonchev–Trinajstić information content (AvgIpc) is 2.80. The molecular weight excluding hydrogens is 270 g/mol. The van der Waals surface area contributed by atoms with Crippen molar-refractivity contribution in [3.05, 3.63) is 45.5 Å². The Morgan fingerprint density at radius 1 is 1.35 bits per heavy atom. The molecule has 1 aliphatic heterocycles. The molecule has 0 saturated carbocycles. The zero-order chi connectivity index (χ0) is 14.3. The summed E-state index contributed by atoms with van der Waals surface area (Å²) in [7, 11) is 0. The Morgan fingerprint density at radius 3 is 2.90 bits per heavy atom. The van der Waals surface area contributed by atoms with Gasteiger partial charge in [-0.3, -0.25) is 4.79 Å². The summed E-state index contributed by atoms with van der Waals surface area (Å²) in [5, 5.41) is 0.593. The van der Waals surface area contributed by atoms with Gasteiger partial charge in [0.05, 0.1) is 12.2 Å². The van der Waals surface area contributed by atoms with Gasteiger partial charge in [0.15, 0.2) is 5.13 Å². The van der Waals surface area contributed by atoms with Crippen molar-refractivity contribution in [1.29, 1.82) is 0 Å². The number of anilines is 1. The first-order valence-electron chi connectivity index (χ1n) is 6.65. The molecule has 0 bridgehead atoms. The number of nitrogens with two attached hydrogens (primary N) is 1. The summed E-state index contributed by atoms with van der Waals surface area (Å²) in [5.41, 5.74) is 9.90. The van der Waals surface area contributed by atoms with Crippen LogP contribution in [0.1, 0.15) is 32.1 Å². The van der Waals surface area contributed by atoms with Crippen molar-refractivity contribution in [2.75, 3.05) is 12.3 Å². The first kappa shape index (κ1) is 13.1. The van der Waals surface area contributed by atoms with E-state index >= 15 is 0 Å². The molecule has 5 heteroatoms. The molecule has 0 fully saturated rings. The van der Waals surface area contributed by atoms with Gasteiger partial charge in [0.2, 0.25) is 0 Å². The molecule has 0 atom stereocenters. The molecular formula is C15H17N3OS. The van der Waals surface area contributed by atoms with Crippen LogP contribution in [-0.2, 0) is 13.0 Å². The molecule has 0 radical (unpaired) electrons. The van der Waals surface area contributed by atoms with E-state index in [1.54, 1.807) is 0 Å². The van der Waals surface area contributed by atoms with E-state index in [9.17, 15) is 4.79 Å². The van der Waals surface area contributed by atoms with Crippen molar-refractivity contribution >= 4 is 22.4 Å². The largest absolute Gasteiger partial charge is 0.375 e. The number of carbonyl (C=O) groups is 1. The maximum absolute atomic E-state index is 12.6. The van der Waals surface area contributed by atoms with E-state index in [2.05, 4.69) is 11.9 Å². The van der Waals surface area contributed by atoms with E-state index in [4.69, 9.17) is 5.73 Å². The van der Waals surface area contributed by atoms with Gasteiger partial charge in [0.25, 0.3) is 5.91 Å². The molecule has 2 heterocycles. The number of hydrogen-bond donors (Lipinski definition) is 1. The molecule has 2 aromatic rings. The second kappa shape index (κ2) is 4.90. The van der Waals surface area contributed by atoms with E-state index in [0.717, 1.165) is 28.1 Å². The molecule has 3 rings (SSSR count). The van der Waals surface area contributed by atoms with Gasteiger partial charge >= 0.3 is 0 Å². The van der Waals surface area contributed by atoms with Gasteiger partial charge < -0.3 is 10.6 Å². The lowest BCUT2D eigenvalue weighted by atomic mass is 10.0. The fourth-order valence-electron chi connectivity index (χ4n) is 2.45. The van der Waals surface area contributed by atoms with Crippen LogP contribution < -0.4 is 5.73 Å². The minimum atomic E-state index is 0.0886. The summed E-state index contributed by atoms with van der Waals surface area (Å²) in [5.74, 6) is 0.0886. The van der Waals surface area contributed by atoms with Crippen LogP contribution in [0.4, 0.5) is 5.13 Å². The number of nitrogens with zero attached hydrogens (tertiary/aromatic N) is 2. The summed E-state index contributed by atoms with van der Waals surface area (Å²) in [4.78, 5) is 19.9. The standard InChI is InChI=1S/C15H17N3OS/c1-9-3-4-11(7-10(9)2)14(19)18-6-5-12-13(8-18)20-15(16)17-12/h3-4,7H,5-6,8H2,1-2H3,(H2,16,17). The third-order valence-electron chi connectivity index (χ3n) is 3.79. The first-order valence-corrected chi connectivity index (χ1v) is 7.47. The third-order valence-corrected chi connectivity index (χ3v) is 4.70. The monoisotopic (exact) mass is 287 g/mol. The van der Waals surface area contributed by atoms with Gasteiger partial charge in [-0.25, -0.2) is 4.98 Å². The summed E-state index contributed by atoms with van der Waals surface area (Å²) in [6.07, 6.45) is 0.791. The van der Waals surface area contributed by atoms with E-state index in [1.807, 2.05) is 30.0 Å². The molecule has 0 unspecified atom stereocenters. The van der Waals surface area contributed by atoms with E-state index in [-0.39, 0.29) is 5.91 Å². The number of thiazole rings is 1. The highest BCUT2D eigenvalue weighted by Gasteiger charge is 2.24. The molecule has 2 N–H and O–H groups in total. The highest BCUT2D eigenvalue weighted by Crippen LogP contribution is 2.27. The SMILES string of the molecule is Cc1ccc(C(=O)N2CCc3nc(N)sc3C2)cc1C. The summed E-state index contributed by atoms with van der Waals surface area (Å²) >= 11 is 1.48. The smallest absolute Gasteiger partial charge is 0.254 e. The number of rotatable bonds is 1.